The van der Waals surface area contributed by atoms with Crippen LogP contribution in [0.25, 0.3) is 0 Å². The number of hydrogen-bond donors (Lipinski definition) is 0. The van der Waals surface area contributed by atoms with Crippen LogP contribution in [0, 0.1) is 5.82 Å². The number of carbonyl (C=O) groups is 1. The van der Waals surface area contributed by atoms with Gasteiger partial charge < -0.3 is 0 Å². The van der Waals surface area contributed by atoms with Gasteiger partial charge in [-0.2, -0.15) is 13.2 Å². The molecular formula is C11H9ClF4O. The molecule has 0 spiro atoms. The van der Waals surface area contributed by atoms with Gasteiger partial charge in [0.05, 0.1) is 5.02 Å². The molecule has 0 radical (unpaired) electrons. The molecule has 0 aliphatic rings. The fraction of sp³-hybridized carbons (Fsp3) is 0.364. The molecule has 1 aromatic rings. The van der Waals surface area contributed by atoms with Gasteiger partial charge in [0.15, 0.2) is 5.78 Å². The maximum Gasteiger partial charge on any atom is 0.389 e. The molecule has 0 fully saturated rings. The number of ketones is 1. The summed E-state index contributed by atoms with van der Waals surface area (Å²) >= 11 is 5.61. The van der Waals surface area contributed by atoms with Gasteiger partial charge in [0.2, 0.25) is 0 Å². The summed E-state index contributed by atoms with van der Waals surface area (Å²) in [5.74, 6) is -1.11. The molecular weight excluding hydrogens is 260 g/mol. The van der Waals surface area contributed by atoms with Gasteiger partial charge >= 0.3 is 6.18 Å². The van der Waals surface area contributed by atoms with Crippen LogP contribution in [-0.4, -0.2) is 12.0 Å². The van der Waals surface area contributed by atoms with E-state index in [0.717, 1.165) is 12.1 Å². The largest absolute Gasteiger partial charge is 0.389 e. The normalized spacial score (nSPS) is 11.6. The molecule has 0 saturated heterocycles. The third kappa shape index (κ3) is 4.73. The van der Waals surface area contributed by atoms with Crippen LogP contribution in [0.2, 0.25) is 5.02 Å². The highest BCUT2D eigenvalue weighted by Crippen LogP contribution is 2.24. The summed E-state index contributed by atoms with van der Waals surface area (Å²) in [4.78, 5) is 11.5. The van der Waals surface area contributed by atoms with Crippen molar-refractivity contribution in [1.29, 1.82) is 0 Å². The molecule has 1 nitrogen and oxygen atoms in total. The smallest absolute Gasteiger partial charge is 0.294 e. The number of halogens is 5. The van der Waals surface area contributed by atoms with Crippen LogP contribution in [0.5, 0.6) is 0 Å². The fourth-order valence-corrected chi connectivity index (χ4v) is 1.57. The molecule has 0 amide bonds. The van der Waals surface area contributed by atoms with E-state index in [1.54, 1.807) is 0 Å². The molecule has 1 aromatic carbocycles. The van der Waals surface area contributed by atoms with E-state index in [1.165, 1.54) is 6.07 Å². The fourth-order valence-electron chi connectivity index (χ4n) is 1.30. The first-order chi connectivity index (χ1) is 7.79. The zero-order valence-electron chi connectivity index (χ0n) is 8.65. The van der Waals surface area contributed by atoms with E-state index < -0.39 is 24.2 Å². The molecule has 0 unspecified atom stereocenters. The molecule has 94 valence electrons. The highest BCUT2D eigenvalue weighted by Gasteiger charge is 2.26. The number of rotatable bonds is 4. The van der Waals surface area contributed by atoms with Crippen LogP contribution < -0.4 is 0 Å². The average molecular weight is 269 g/mol. The summed E-state index contributed by atoms with van der Waals surface area (Å²) in [7, 11) is 0. The van der Waals surface area contributed by atoms with Crippen LogP contribution >= 0.6 is 11.6 Å². The van der Waals surface area contributed by atoms with Crippen LogP contribution in [0.3, 0.4) is 0 Å². The summed E-state index contributed by atoms with van der Waals surface area (Å²) in [5, 5.41) is -0.0815. The van der Waals surface area contributed by atoms with Crippen LogP contribution in [-0.2, 0) is 0 Å². The second kappa shape index (κ2) is 5.49. The van der Waals surface area contributed by atoms with Crippen molar-refractivity contribution in [3.05, 3.63) is 34.6 Å². The Morgan fingerprint density at radius 3 is 2.47 bits per heavy atom. The zero-order chi connectivity index (χ0) is 13.1. The Morgan fingerprint density at radius 2 is 1.94 bits per heavy atom. The van der Waals surface area contributed by atoms with E-state index in [9.17, 15) is 22.4 Å². The molecule has 1 rings (SSSR count). The minimum absolute atomic E-state index is 0.0511. The van der Waals surface area contributed by atoms with Gasteiger partial charge in [-0.25, -0.2) is 4.39 Å². The third-order valence-corrected chi connectivity index (χ3v) is 2.41. The van der Waals surface area contributed by atoms with Crippen molar-refractivity contribution >= 4 is 17.4 Å². The lowest BCUT2D eigenvalue weighted by Crippen LogP contribution is -2.08. The first-order valence-corrected chi connectivity index (χ1v) is 5.22. The summed E-state index contributed by atoms with van der Waals surface area (Å²) in [6.07, 6.45) is -5.84. The monoisotopic (exact) mass is 268 g/mol. The second-order valence-corrected chi connectivity index (χ2v) is 3.92. The van der Waals surface area contributed by atoms with Crippen molar-refractivity contribution in [3.63, 3.8) is 0 Å². The Balaban J connectivity index is 2.59. The van der Waals surface area contributed by atoms with E-state index >= 15 is 0 Å². The van der Waals surface area contributed by atoms with Gasteiger partial charge in [-0.05, 0) is 24.6 Å². The van der Waals surface area contributed by atoms with Crippen LogP contribution in [0.4, 0.5) is 17.6 Å². The van der Waals surface area contributed by atoms with Gasteiger partial charge in [-0.1, -0.05) is 11.6 Å². The minimum Gasteiger partial charge on any atom is -0.294 e. The average Bonchev–Trinajstić information content (AvgIpc) is 2.15. The molecule has 0 heterocycles. The predicted octanol–water partition coefficient (Wildman–Crippen LogP) is 4.39. The van der Waals surface area contributed by atoms with E-state index in [2.05, 4.69) is 0 Å². The lowest BCUT2D eigenvalue weighted by atomic mass is 10.1. The molecule has 6 heteroatoms. The van der Waals surface area contributed by atoms with Crippen molar-refractivity contribution in [1.82, 2.24) is 0 Å². The van der Waals surface area contributed by atoms with Gasteiger partial charge in [0.25, 0.3) is 0 Å². The number of Topliss-reactive ketones (excluding diaryl/α,β-unsaturated/α-hetero) is 1. The Labute approximate surface area is 100 Å². The van der Waals surface area contributed by atoms with E-state index in [0.29, 0.717) is 0 Å². The maximum absolute atomic E-state index is 12.7. The van der Waals surface area contributed by atoms with Crippen LogP contribution in [0.1, 0.15) is 29.6 Å². The van der Waals surface area contributed by atoms with Crippen molar-refractivity contribution < 1.29 is 22.4 Å². The SMILES string of the molecule is O=C(CCCC(F)(F)F)c1ccc(F)cc1Cl. The van der Waals surface area contributed by atoms with Crippen LogP contribution in [0.15, 0.2) is 18.2 Å². The minimum atomic E-state index is -4.27. The Morgan fingerprint density at radius 1 is 1.29 bits per heavy atom. The summed E-state index contributed by atoms with van der Waals surface area (Å²) < 4.78 is 48.2. The highest BCUT2D eigenvalue weighted by molar-refractivity contribution is 6.33. The molecule has 0 saturated carbocycles. The first-order valence-electron chi connectivity index (χ1n) is 4.84. The summed E-state index contributed by atoms with van der Waals surface area (Å²) in [5.41, 5.74) is 0.0511. The van der Waals surface area contributed by atoms with Crippen molar-refractivity contribution in [2.45, 2.75) is 25.4 Å². The van der Waals surface area contributed by atoms with E-state index in [-0.39, 0.29) is 23.4 Å². The highest BCUT2D eigenvalue weighted by atomic mass is 35.5. The second-order valence-electron chi connectivity index (χ2n) is 3.52. The van der Waals surface area contributed by atoms with Gasteiger partial charge in [0, 0.05) is 18.4 Å². The number of carbonyl (C=O) groups excluding carboxylic acids is 1. The zero-order valence-corrected chi connectivity index (χ0v) is 9.41. The standard InChI is InChI=1S/C11H9ClF4O/c12-9-6-7(13)3-4-8(9)10(17)2-1-5-11(14,15)16/h3-4,6H,1-2,5H2. The Kier molecular flexibility index (Phi) is 4.51. The molecule has 0 atom stereocenters. The molecule has 0 aliphatic heterocycles. The Hall–Kier alpha value is -1.10. The molecule has 17 heavy (non-hydrogen) atoms. The number of hydrogen-bond acceptors (Lipinski definition) is 1. The van der Waals surface area contributed by atoms with Gasteiger partial charge in [0.1, 0.15) is 5.82 Å². The lowest BCUT2D eigenvalue weighted by Gasteiger charge is -2.06. The topological polar surface area (TPSA) is 17.1 Å². The van der Waals surface area contributed by atoms with Gasteiger partial charge in [-0.3, -0.25) is 4.79 Å². The lowest BCUT2D eigenvalue weighted by molar-refractivity contribution is -0.135. The van der Waals surface area contributed by atoms with Crippen molar-refractivity contribution in [3.8, 4) is 0 Å². The summed E-state index contributed by atoms with van der Waals surface area (Å²) in [6, 6.07) is 3.18. The molecule has 0 N–H and O–H groups in total. The maximum atomic E-state index is 12.7. The van der Waals surface area contributed by atoms with E-state index in [4.69, 9.17) is 11.6 Å². The third-order valence-electron chi connectivity index (χ3n) is 2.10. The van der Waals surface area contributed by atoms with E-state index in [1.807, 2.05) is 0 Å². The predicted molar refractivity (Wildman–Crippen MR) is 55.6 cm³/mol. The number of benzene rings is 1. The number of alkyl halides is 3. The van der Waals surface area contributed by atoms with Gasteiger partial charge in [-0.15, -0.1) is 0 Å². The summed E-state index contributed by atoms with van der Waals surface area (Å²) in [6.45, 7) is 0. The molecule has 0 aliphatic carbocycles. The Bertz CT molecular complexity index is 414. The quantitative estimate of drug-likeness (QED) is 0.584. The molecule has 0 bridgehead atoms. The van der Waals surface area contributed by atoms with Crippen molar-refractivity contribution in [2.75, 3.05) is 0 Å². The van der Waals surface area contributed by atoms with Crippen molar-refractivity contribution in [2.24, 2.45) is 0 Å². The first kappa shape index (κ1) is 14.0. The molecule has 0 aromatic heterocycles.